The van der Waals surface area contributed by atoms with Gasteiger partial charge in [-0.2, -0.15) is 13.2 Å². The first-order chi connectivity index (χ1) is 15.7. The molecule has 0 aliphatic carbocycles. The Balaban J connectivity index is 1.58. The van der Waals surface area contributed by atoms with Gasteiger partial charge in [0.05, 0.1) is 24.0 Å². The summed E-state index contributed by atoms with van der Waals surface area (Å²) in [6, 6.07) is 13.9. The van der Waals surface area contributed by atoms with Crippen LogP contribution in [0.2, 0.25) is 0 Å². The third-order valence-electron chi connectivity index (χ3n) is 4.83. The van der Waals surface area contributed by atoms with E-state index in [4.69, 9.17) is 4.74 Å². The normalized spacial score (nSPS) is 11.2. The number of alkyl halides is 3. The van der Waals surface area contributed by atoms with Crippen molar-refractivity contribution in [2.24, 2.45) is 0 Å². The molecule has 0 saturated carbocycles. The summed E-state index contributed by atoms with van der Waals surface area (Å²) in [4.78, 5) is 24.6. The van der Waals surface area contributed by atoms with Crippen LogP contribution >= 0.6 is 11.3 Å². The molecule has 0 atom stereocenters. The van der Waals surface area contributed by atoms with Gasteiger partial charge in [0.2, 0.25) is 0 Å². The topological polar surface area (TPSA) is 64.6 Å². The maximum Gasteiger partial charge on any atom is 0.416 e. The number of thiophene rings is 1. The predicted molar refractivity (Wildman–Crippen MR) is 119 cm³/mol. The van der Waals surface area contributed by atoms with Crippen molar-refractivity contribution in [3.05, 3.63) is 75.5 Å². The van der Waals surface area contributed by atoms with Gasteiger partial charge in [0.1, 0.15) is 12.4 Å². The largest absolute Gasteiger partial charge is 0.488 e. The number of benzene rings is 2. The highest BCUT2D eigenvalue weighted by atomic mass is 32.1. The van der Waals surface area contributed by atoms with E-state index in [1.807, 2.05) is 19.1 Å². The SMILES string of the molecule is COC(=O)CCNC(=O)c1ccc(COc2ccc(-c3ccc(C(F)(F)F)cc3)c(C)c2)s1. The van der Waals surface area contributed by atoms with E-state index in [-0.39, 0.29) is 25.5 Å². The minimum absolute atomic E-state index is 0.103. The molecule has 0 bridgehead atoms. The first kappa shape index (κ1) is 24.3. The fourth-order valence-corrected chi connectivity index (χ4v) is 3.93. The molecule has 0 unspecified atom stereocenters. The molecular weight excluding hydrogens is 455 g/mol. The van der Waals surface area contributed by atoms with Gasteiger partial charge in [0, 0.05) is 11.4 Å². The van der Waals surface area contributed by atoms with E-state index in [0.717, 1.165) is 28.1 Å². The average Bonchev–Trinajstić information content (AvgIpc) is 3.26. The Kier molecular flexibility index (Phi) is 7.75. The molecule has 3 rings (SSSR count). The maximum absolute atomic E-state index is 12.8. The van der Waals surface area contributed by atoms with Gasteiger partial charge in [-0.15, -0.1) is 11.3 Å². The smallest absolute Gasteiger partial charge is 0.416 e. The van der Waals surface area contributed by atoms with Crippen molar-refractivity contribution in [3.63, 3.8) is 0 Å². The minimum atomic E-state index is -4.36. The van der Waals surface area contributed by atoms with Crippen molar-refractivity contribution in [1.82, 2.24) is 5.32 Å². The Morgan fingerprint density at radius 2 is 1.76 bits per heavy atom. The summed E-state index contributed by atoms with van der Waals surface area (Å²) in [6.45, 7) is 2.32. The molecule has 174 valence electrons. The lowest BCUT2D eigenvalue weighted by atomic mass is 9.99. The zero-order valence-electron chi connectivity index (χ0n) is 18.0. The van der Waals surface area contributed by atoms with Gasteiger partial charge in [-0.25, -0.2) is 0 Å². The van der Waals surface area contributed by atoms with E-state index in [1.165, 1.54) is 30.6 Å². The van der Waals surface area contributed by atoms with Gasteiger partial charge >= 0.3 is 12.1 Å². The number of rotatable bonds is 8. The Bertz CT molecular complexity index is 1120. The van der Waals surface area contributed by atoms with Crippen LogP contribution in [0.4, 0.5) is 13.2 Å². The van der Waals surface area contributed by atoms with Gasteiger partial charge in [-0.1, -0.05) is 18.2 Å². The van der Waals surface area contributed by atoms with Crippen LogP contribution in [-0.4, -0.2) is 25.5 Å². The number of ether oxygens (including phenoxy) is 2. The monoisotopic (exact) mass is 477 g/mol. The Labute approximate surface area is 193 Å². The number of hydrogen-bond acceptors (Lipinski definition) is 5. The number of carbonyl (C=O) groups is 2. The quantitative estimate of drug-likeness (QED) is 0.428. The van der Waals surface area contributed by atoms with E-state index in [9.17, 15) is 22.8 Å². The number of aryl methyl sites for hydroxylation is 1. The van der Waals surface area contributed by atoms with Crippen LogP contribution in [0.3, 0.4) is 0 Å². The summed E-state index contributed by atoms with van der Waals surface area (Å²) in [5.74, 6) is -0.0530. The molecule has 0 saturated heterocycles. The Hall–Kier alpha value is -3.33. The summed E-state index contributed by atoms with van der Waals surface area (Å²) < 4.78 is 48.6. The summed E-state index contributed by atoms with van der Waals surface area (Å²) in [5.41, 5.74) is 1.69. The highest BCUT2D eigenvalue weighted by Gasteiger charge is 2.30. The molecule has 1 heterocycles. The van der Waals surface area contributed by atoms with Crippen molar-refractivity contribution < 1.29 is 32.2 Å². The second-order valence-electron chi connectivity index (χ2n) is 7.19. The van der Waals surface area contributed by atoms with Gasteiger partial charge in [-0.3, -0.25) is 9.59 Å². The average molecular weight is 478 g/mol. The third-order valence-corrected chi connectivity index (χ3v) is 5.89. The number of methoxy groups -OCH3 is 1. The van der Waals surface area contributed by atoms with Crippen LogP contribution < -0.4 is 10.1 Å². The lowest BCUT2D eigenvalue weighted by Crippen LogP contribution is -2.25. The van der Waals surface area contributed by atoms with Crippen LogP contribution in [0.15, 0.2) is 54.6 Å². The van der Waals surface area contributed by atoms with Crippen molar-refractivity contribution in [3.8, 4) is 16.9 Å². The highest BCUT2D eigenvalue weighted by molar-refractivity contribution is 7.14. The van der Waals surface area contributed by atoms with E-state index in [2.05, 4.69) is 10.1 Å². The fourth-order valence-electron chi connectivity index (χ4n) is 3.09. The van der Waals surface area contributed by atoms with Crippen molar-refractivity contribution >= 4 is 23.2 Å². The van der Waals surface area contributed by atoms with Crippen LogP contribution in [0.5, 0.6) is 5.75 Å². The first-order valence-electron chi connectivity index (χ1n) is 10.0. The maximum atomic E-state index is 12.8. The molecule has 0 aliphatic heterocycles. The number of halogens is 3. The minimum Gasteiger partial charge on any atom is -0.488 e. The Morgan fingerprint density at radius 1 is 1.03 bits per heavy atom. The van der Waals surface area contributed by atoms with Crippen molar-refractivity contribution in [2.75, 3.05) is 13.7 Å². The second kappa shape index (κ2) is 10.5. The predicted octanol–water partition coefficient (Wildman–Crippen LogP) is 5.61. The molecular formula is C24H22F3NO4S. The van der Waals surface area contributed by atoms with Gasteiger partial charge in [0.25, 0.3) is 5.91 Å². The van der Waals surface area contributed by atoms with Crippen molar-refractivity contribution in [2.45, 2.75) is 26.1 Å². The molecule has 1 amide bonds. The lowest BCUT2D eigenvalue weighted by molar-refractivity contribution is -0.140. The first-order valence-corrected chi connectivity index (χ1v) is 10.8. The molecule has 0 radical (unpaired) electrons. The summed E-state index contributed by atoms with van der Waals surface area (Å²) in [7, 11) is 1.29. The number of carbonyl (C=O) groups excluding carboxylic acids is 2. The standard InChI is InChI=1S/C24H22F3NO4S/c1-15-13-18(7-9-20(15)16-3-5-17(6-4-16)24(25,26)27)32-14-19-8-10-21(33-19)23(30)28-12-11-22(29)31-2/h3-10,13H,11-12,14H2,1-2H3,(H,28,30). The second-order valence-corrected chi connectivity index (χ2v) is 8.36. The molecule has 0 aliphatic rings. The summed E-state index contributed by atoms with van der Waals surface area (Å²) >= 11 is 1.29. The fraction of sp³-hybridized carbons (Fsp3) is 0.250. The molecule has 33 heavy (non-hydrogen) atoms. The number of amides is 1. The van der Waals surface area contributed by atoms with Crippen LogP contribution in [-0.2, 0) is 22.3 Å². The van der Waals surface area contributed by atoms with Crippen LogP contribution in [0.1, 0.15) is 32.1 Å². The molecule has 1 N–H and O–H groups in total. The summed E-state index contributed by atoms with van der Waals surface area (Å²) in [5, 5.41) is 2.66. The molecule has 5 nitrogen and oxygen atoms in total. The molecule has 9 heteroatoms. The van der Waals surface area contributed by atoms with Crippen LogP contribution in [0, 0.1) is 6.92 Å². The van der Waals surface area contributed by atoms with Crippen molar-refractivity contribution in [1.29, 1.82) is 0 Å². The van der Waals surface area contributed by atoms with E-state index >= 15 is 0 Å². The number of esters is 1. The van der Waals surface area contributed by atoms with Crippen LogP contribution in [0.25, 0.3) is 11.1 Å². The van der Waals surface area contributed by atoms with Gasteiger partial charge in [0.15, 0.2) is 0 Å². The van der Waals surface area contributed by atoms with Gasteiger partial charge < -0.3 is 14.8 Å². The van der Waals surface area contributed by atoms with E-state index in [0.29, 0.717) is 16.2 Å². The zero-order valence-corrected chi connectivity index (χ0v) is 18.8. The summed E-state index contributed by atoms with van der Waals surface area (Å²) in [6.07, 6.45) is -4.26. The lowest BCUT2D eigenvalue weighted by Gasteiger charge is -2.11. The molecule has 2 aromatic carbocycles. The molecule has 0 fully saturated rings. The Morgan fingerprint density at radius 3 is 2.39 bits per heavy atom. The van der Waals surface area contributed by atoms with E-state index < -0.39 is 17.7 Å². The number of nitrogens with one attached hydrogen (secondary N) is 1. The zero-order chi connectivity index (χ0) is 24.0. The molecule has 3 aromatic rings. The number of hydrogen-bond donors (Lipinski definition) is 1. The third kappa shape index (κ3) is 6.58. The molecule has 0 spiro atoms. The molecule has 1 aromatic heterocycles. The highest BCUT2D eigenvalue weighted by Crippen LogP contribution is 2.32. The van der Waals surface area contributed by atoms with E-state index in [1.54, 1.807) is 18.2 Å². The van der Waals surface area contributed by atoms with Gasteiger partial charge in [-0.05, 0) is 60.0 Å².